The summed E-state index contributed by atoms with van der Waals surface area (Å²) in [6, 6.07) is 11.1. The summed E-state index contributed by atoms with van der Waals surface area (Å²) in [5, 5.41) is 8.87. The van der Waals surface area contributed by atoms with Crippen molar-refractivity contribution < 1.29 is 19.0 Å². The fraction of sp³-hybridized carbons (Fsp3) is 0.0714. The Balaban J connectivity index is 2.57. The Morgan fingerprint density at radius 3 is 2.61 bits per heavy atom. The minimum absolute atomic E-state index is 0.244. The number of rotatable bonds is 3. The molecular formula is C14H11FO3. The fourth-order valence-corrected chi connectivity index (χ4v) is 1.71. The van der Waals surface area contributed by atoms with Crippen molar-refractivity contribution >= 4 is 5.97 Å². The first-order valence-electron chi connectivity index (χ1n) is 5.29. The predicted octanol–water partition coefficient (Wildman–Crippen LogP) is 3.20. The number of carboxylic acids is 1. The second-order valence-corrected chi connectivity index (χ2v) is 3.70. The van der Waals surface area contributed by atoms with Gasteiger partial charge in [-0.05, 0) is 23.8 Å². The van der Waals surface area contributed by atoms with Crippen LogP contribution in [0, 0.1) is 5.82 Å². The van der Waals surface area contributed by atoms with E-state index in [2.05, 4.69) is 0 Å². The van der Waals surface area contributed by atoms with Gasteiger partial charge in [0, 0.05) is 5.56 Å². The highest BCUT2D eigenvalue weighted by molar-refractivity contribution is 5.90. The summed E-state index contributed by atoms with van der Waals surface area (Å²) in [5.74, 6) is -1.43. The van der Waals surface area contributed by atoms with Crippen molar-refractivity contribution in [1.82, 2.24) is 0 Å². The Labute approximate surface area is 103 Å². The van der Waals surface area contributed by atoms with Crippen LogP contribution < -0.4 is 4.74 Å². The zero-order valence-electron chi connectivity index (χ0n) is 9.68. The van der Waals surface area contributed by atoms with Crippen LogP contribution in [0.2, 0.25) is 0 Å². The lowest BCUT2D eigenvalue weighted by molar-refractivity contribution is 0.0692. The fourth-order valence-electron chi connectivity index (χ4n) is 1.71. The Kier molecular flexibility index (Phi) is 3.28. The molecule has 0 bridgehead atoms. The molecule has 2 aromatic carbocycles. The first kappa shape index (κ1) is 12.1. The third-order valence-electron chi connectivity index (χ3n) is 2.61. The molecule has 18 heavy (non-hydrogen) atoms. The van der Waals surface area contributed by atoms with Gasteiger partial charge in [-0.2, -0.15) is 0 Å². The molecule has 1 N–H and O–H groups in total. The van der Waals surface area contributed by atoms with E-state index in [0.717, 1.165) is 0 Å². The average Bonchev–Trinajstić information content (AvgIpc) is 2.38. The number of ether oxygens (including phenoxy) is 1. The molecule has 0 aliphatic carbocycles. The summed E-state index contributed by atoms with van der Waals surface area (Å²) in [6.07, 6.45) is 0. The molecule has 0 aliphatic heterocycles. The monoisotopic (exact) mass is 246 g/mol. The van der Waals surface area contributed by atoms with Crippen LogP contribution in [-0.2, 0) is 0 Å². The van der Waals surface area contributed by atoms with Crippen molar-refractivity contribution in [3.05, 3.63) is 53.8 Å². The third-order valence-corrected chi connectivity index (χ3v) is 2.61. The molecule has 0 spiro atoms. The van der Waals surface area contributed by atoms with E-state index in [-0.39, 0.29) is 11.1 Å². The minimum Gasteiger partial charge on any atom is -0.497 e. The molecule has 0 saturated carbocycles. The van der Waals surface area contributed by atoms with Gasteiger partial charge in [0.15, 0.2) is 0 Å². The van der Waals surface area contributed by atoms with E-state index in [4.69, 9.17) is 9.84 Å². The second kappa shape index (κ2) is 4.87. The highest BCUT2D eigenvalue weighted by Crippen LogP contribution is 2.27. The first-order chi connectivity index (χ1) is 8.63. The molecule has 2 aromatic rings. The number of hydrogen-bond donors (Lipinski definition) is 1. The number of aromatic carboxylic acids is 1. The minimum atomic E-state index is -1.28. The Morgan fingerprint density at radius 2 is 1.94 bits per heavy atom. The van der Waals surface area contributed by atoms with E-state index >= 15 is 0 Å². The Hall–Kier alpha value is -2.36. The van der Waals surface area contributed by atoms with Crippen LogP contribution in [0.5, 0.6) is 5.75 Å². The topological polar surface area (TPSA) is 46.5 Å². The SMILES string of the molecule is COc1cccc(-c2cccc(C(=O)O)c2F)c1. The standard InChI is InChI=1S/C14H11FO3/c1-18-10-5-2-4-9(8-10)11-6-3-7-12(13(11)15)14(16)17/h2-8H,1H3,(H,16,17). The molecule has 0 aromatic heterocycles. The van der Waals surface area contributed by atoms with Crippen LogP contribution in [0.15, 0.2) is 42.5 Å². The van der Waals surface area contributed by atoms with Gasteiger partial charge in [0.2, 0.25) is 0 Å². The lowest BCUT2D eigenvalue weighted by Gasteiger charge is -2.07. The zero-order chi connectivity index (χ0) is 13.1. The van der Waals surface area contributed by atoms with Gasteiger partial charge in [-0.25, -0.2) is 9.18 Å². The van der Waals surface area contributed by atoms with E-state index in [1.807, 2.05) is 0 Å². The summed E-state index contributed by atoms with van der Waals surface area (Å²) < 4.78 is 19.1. The van der Waals surface area contributed by atoms with E-state index in [9.17, 15) is 9.18 Å². The maximum Gasteiger partial charge on any atom is 0.338 e. The molecule has 4 heteroatoms. The van der Waals surface area contributed by atoms with Crippen LogP contribution in [0.4, 0.5) is 4.39 Å². The zero-order valence-corrected chi connectivity index (χ0v) is 9.68. The number of methoxy groups -OCH3 is 1. The Morgan fingerprint density at radius 1 is 1.22 bits per heavy atom. The third kappa shape index (κ3) is 2.18. The van der Waals surface area contributed by atoms with Crippen LogP contribution in [0.3, 0.4) is 0 Å². The van der Waals surface area contributed by atoms with E-state index in [1.165, 1.54) is 25.3 Å². The Bertz CT molecular complexity index is 593. The number of benzene rings is 2. The molecule has 0 saturated heterocycles. The highest BCUT2D eigenvalue weighted by Gasteiger charge is 2.14. The van der Waals surface area contributed by atoms with Crippen LogP contribution in [0.1, 0.15) is 10.4 Å². The highest BCUT2D eigenvalue weighted by atomic mass is 19.1. The number of halogens is 1. The van der Waals surface area contributed by atoms with Crippen LogP contribution in [0.25, 0.3) is 11.1 Å². The number of carbonyl (C=O) groups is 1. The van der Waals surface area contributed by atoms with Gasteiger partial charge < -0.3 is 9.84 Å². The normalized spacial score (nSPS) is 10.1. The van der Waals surface area contributed by atoms with Crippen molar-refractivity contribution in [2.75, 3.05) is 7.11 Å². The number of carboxylic acid groups (broad SMARTS) is 1. The summed E-state index contributed by atoms with van der Waals surface area (Å²) in [5.41, 5.74) is 0.485. The van der Waals surface area contributed by atoms with Gasteiger partial charge in [0.1, 0.15) is 11.6 Å². The molecule has 0 radical (unpaired) electrons. The van der Waals surface area contributed by atoms with Crippen molar-refractivity contribution in [1.29, 1.82) is 0 Å². The maximum atomic E-state index is 14.0. The summed E-state index contributed by atoms with van der Waals surface area (Å²) in [4.78, 5) is 10.9. The van der Waals surface area contributed by atoms with Crippen LogP contribution in [-0.4, -0.2) is 18.2 Å². The van der Waals surface area contributed by atoms with Gasteiger partial charge in [-0.1, -0.05) is 24.3 Å². The second-order valence-electron chi connectivity index (χ2n) is 3.70. The van der Waals surface area contributed by atoms with Gasteiger partial charge in [0.25, 0.3) is 0 Å². The number of hydrogen-bond acceptors (Lipinski definition) is 2. The van der Waals surface area contributed by atoms with Gasteiger partial charge >= 0.3 is 5.97 Å². The smallest absolute Gasteiger partial charge is 0.338 e. The van der Waals surface area contributed by atoms with Gasteiger partial charge in [-0.3, -0.25) is 0 Å². The van der Waals surface area contributed by atoms with Crippen LogP contribution >= 0.6 is 0 Å². The lowest BCUT2D eigenvalue weighted by Crippen LogP contribution is -2.01. The van der Waals surface area contributed by atoms with Crippen molar-refractivity contribution in [3.8, 4) is 16.9 Å². The lowest BCUT2D eigenvalue weighted by atomic mass is 10.0. The van der Waals surface area contributed by atoms with E-state index < -0.39 is 11.8 Å². The quantitative estimate of drug-likeness (QED) is 0.904. The predicted molar refractivity (Wildman–Crippen MR) is 65.3 cm³/mol. The van der Waals surface area contributed by atoms with Crippen molar-refractivity contribution in [2.45, 2.75) is 0 Å². The van der Waals surface area contributed by atoms with E-state index in [1.54, 1.807) is 24.3 Å². The molecule has 0 unspecified atom stereocenters. The van der Waals surface area contributed by atoms with E-state index in [0.29, 0.717) is 11.3 Å². The van der Waals surface area contributed by atoms with Crippen molar-refractivity contribution in [3.63, 3.8) is 0 Å². The summed E-state index contributed by atoms with van der Waals surface area (Å²) >= 11 is 0. The van der Waals surface area contributed by atoms with Gasteiger partial charge in [0.05, 0.1) is 12.7 Å². The van der Waals surface area contributed by atoms with Gasteiger partial charge in [-0.15, -0.1) is 0 Å². The molecule has 0 atom stereocenters. The maximum absolute atomic E-state index is 14.0. The molecular weight excluding hydrogens is 235 g/mol. The molecule has 0 aliphatic rings. The summed E-state index contributed by atoms with van der Waals surface area (Å²) in [6.45, 7) is 0. The first-order valence-corrected chi connectivity index (χ1v) is 5.29. The molecule has 0 fully saturated rings. The van der Waals surface area contributed by atoms with Crippen molar-refractivity contribution in [2.24, 2.45) is 0 Å². The molecule has 92 valence electrons. The largest absolute Gasteiger partial charge is 0.497 e. The molecule has 3 nitrogen and oxygen atoms in total. The molecule has 0 heterocycles. The average molecular weight is 246 g/mol. The molecule has 2 rings (SSSR count). The molecule has 0 amide bonds. The summed E-state index contributed by atoms with van der Waals surface area (Å²) in [7, 11) is 1.52.